The van der Waals surface area contributed by atoms with Crippen LogP contribution in [0.15, 0.2) is 59.0 Å². The highest BCUT2D eigenvalue weighted by Crippen LogP contribution is 2.38. The summed E-state index contributed by atoms with van der Waals surface area (Å²) in [6.07, 6.45) is 0. The van der Waals surface area contributed by atoms with Gasteiger partial charge in [-0.15, -0.1) is 0 Å². The van der Waals surface area contributed by atoms with Gasteiger partial charge in [0.2, 0.25) is 0 Å². The van der Waals surface area contributed by atoms with Crippen molar-refractivity contribution in [1.82, 2.24) is 4.57 Å². The van der Waals surface area contributed by atoms with E-state index in [-0.39, 0.29) is 0 Å². The fraction of sp³-hybridized carbons (Fsp3) is 0.182. The lowest BCUT2D eigenvalue weighted by Crippen LogP contribution is -1.86. The highest BCUT2D eigenvalue weighted by Gasteiger charge is 2.16. The van der Waals surface area contributed by atoms with Crippen molar-refractivity contribution >= 4 is 43.7 Å². The monoisotopic (exact) mass is 313 g/mol. The number of benzene rings is 3. The number of fused-ring (bicyclic) bond motifs is 6. The smallest absolute Gasteiger partial charge is 0.138 e. The molecule has 0 spiro atoms. The van der Waals surface area contributed by atoms with E-state index in [2.05, 4.69) is 80.1 Å². The van der Waals surface area contributed by atoms with E-state index >= 15 is 0 Å². The third-order valence-corrected chi connectivity index (χ3v) is 5.18. The average Bonchev–Trinajstić information content (AvgIpc) is 3.09. The number of hydrogen-bond acceptors (Lipinski definition) is 1. The molecule has 118 valence electrons. The molecule has 24 heavy (non-hydrogen) atoms. The zero-order chi connectivity index (χ0) is 16.4. The minimum absolute atomic E-state index is 0.449. The van der Waals surface area contributed by atoms with Crippen LogP contribution in [0.4, 0.5) is 0 Å². The molecule has 2 aromatic heterocycles. The minimum atomic E-state index is 0.449. The SMILES string of the molecule is CC(C)c1cccc2c1oc1cc3c(cc12)c1ccccc1n3C. The van der Waals surface area contributed by atoms with Gasteiger partial charge in [-0.05, 0) is 23.6 Å². The Balaban J connectivity index is 1.99. The molecule has 0 bridgehead atoms. The van der Waals surface area contributed by atoms with E-state index in [1.807, 2.05) is 0 Å². The van der Waals surface area contributed by atoms with Crippen LogP contribution in [0.1, 0.15) is 25.3 Å². The van der Waals surface area contributed by atoms with Crippen LogP contribution in [-0.2, 0) is 7.05 Å². The Morgan fingerprint density at radius 1 is 0.792 bits per heavy atom. The van der Waals surface area contributed by atoms with E-state index in [9.17, 15) is 0 Å². The topological polar surface area (TPSA) is 18.1 Å². The first-order valence-electron chi connectivity index (χ1n) is 8.47. The van der Waals surface area contributed by atoms with Gasteiger partial charge in [-0.2, -0.15) is 0 Å². The van der Waals surface area contributed by atoms with Crippen LogP contribution in [0.3, 0.4) is 0 Å². The van der Waals surface area contributed by atoms with E-state index in [1.165, 1.54) is 38.1 Å². The summed E-state index contributed by atoms with van der Waals surface area (Å²) in [6.45, 7) is 4.43. The minimum Gasteiger partial charge on any atom is -0.456 e. The van der Waals surface area contributed by atoms with E-state index in [0.717, 1.165) is 11.2 Å². The van der Waals surface area contributed by atoms with Crippen molar-refractivity contribution < 1.29 is 4.42 Å². The maximum atomic E-state index is 6.29. The van der Waals surface area contributed by atoms with Gasteiger partial charge in [0, 0.05) is 40.2 Å². The lowest BCUT2D eigenvalue weighted by molar-refractivity contribution is 0.657. The molecule has 0 aliphatic carbocycles. The third-order valence-electron chi connectivity index (χ3n) is 5.18. The average molecular weight is 313 g/mol. The molecule has 2 heterocycles. The summed E-state index contributed by atoms with van der Waals surface area (Å²) in [4.78, 5) is 0. The lowest BCUT2D eigenvalue weighted by Gasteiger charge is -2.04. The first-order chi connectivity index (χ1) is 11.6. The van der Waals surface area contributed by atoms with Gasteiger partial charge in [-0.1, -0.05) is 50.2 Å². The maximum absolute atomic E-state index is 6.29. The molecule has 0 aliphatic rings. The van der Waals surface area contributed by atoms with Gasteiger partial charge < -0.3 is 8.98 Å². The summed E-state index contributed by atoms with van der Waals surface area (Å²) in [5.41, 5.74) is 5.75. The van der Waals surface area contributed by atoms with Crippen LogP contribution in [0.2, 0.25) is 0 Å². The molecule has 3 aromatic carbocycles. The predicted octanol–water partition coefficient (Wildman–Crippen LogP) is 6.35. The second kappa shape index (κ2) is 4.64. The molecule has 0 amide bonds. The largest absolute Gasteiger partial charge is 0.456 e. The van der Waals surface area contributed by atoms with Gasteiger partial charge in [0.05, 0.1) is 5.52 Å². The Hall–Kier alpha value is -2.74. The first kappa shape index (κ1) is 13.7. The van der Waals surface area contributed by atoms with Gasteiger partial charge in [0.1, 0.15) is 11.2 Å². The number of nitrogens with zero attached hydrogens (tertiary/aromatic N) is 1. The van der Waals surface area contributed by atoms with Gasteiger partial charge >= 0.3 is 0 Å². The number of furan rings is 1. The molecule has 0 atom stereocenters. The van der Waals surface area contributed by atoms with E-state index in [4.69, 9.17) is 4.42 Å². The molecule has 0 N–H and O–H groups in total. The molecule has 0 unspecified atom stereocenters. The maximum Gasteiger partial charge on any atom is 0.138 e. The second-order valence-corrected chi connectivity index (χ2v) is 6.92. The van der Waals surface area contributed by atoms with Crippen LogP contribution < -0.4 is 0 Å². The van der Waals surface area contributed by atoms with Gasteiger partial charge in [0.25, 0.3) is 0 Å². The third kappa shape index (κ3) is 1.66. The number of aromatic nitrogens is 1. The summed E-state index contributed by atoms with van der Waals surface area (Å²) in [5.74, 6) is 0.449. The Morgan fingerprint density at radius 2 is 1.58 bits per heavy atom. The van der Waals surface area contributed by atoms with Crippen molar-refractivity contribution in [3.8, 4) is 0 Å². The summed E-state index contributed by atoms with van der Waals surface area (Å²) >= 11 is 0. The zero-order valence-corrected chi connectivity index (χ0v) is 14.1. The molecule has 2 nitrogen and oxygen atoms in total. The van der Waals surface area contributed by atoms with Crippen molar-refractivity contribution in [2.24, 2.45) is 7.05 Å². The van der Waals surface area contributed by atoms with Crippen LogP contribution in [0, 0.1) is 0 Å². The highest BCUT2D eigenvalue weighted by atomic mass is 16.3. The van der Waals surface area contributed by atoms with Crippen molar-refractivity contribution in [1.29, 1.82) is 0 Å². The van der Waals surface area contributed by atoms with Gasteiger partial charge in [-0.3, -0.25) is 0 Å². The number of aryl methyl sites for hydroxylation is 1. The number of hydrogen-bond donors (Lipinski definition) is 0. The lowest BCUT2D eigenvalue weighted by atomic mass is 10.00. The summed E-state index contributed by atoms with van der Waals surface area (Å²) < 4.78 is 8.54. The zero-order valence-electron chi connectivity index (χ0n) is 14.1. The molecule has 0 saturated heterocycles. The quantitative estimate of drug-likeness (QED) is 0.352. The molecule has 2 heteroatoms. The summed E-state index contributed by atoms with van der Waals surface area (Å²) in [5, 5.41) is 5.01. The van der Waals surface area contributed by atoms with Crippen molar-refractivity contribution in [3.63, 3.8) is 0 Å². The van der Waals surface area contributed by atoms with Gasteiger partial charge in [-0.25, -0.2) is 0 Å². The fourth-order valence-electron chi connectivity index (χ4n) is 3.93. The molecule has 5 aromatic rings. The molecule has 0 aliphatic heterocycles. The Labute approximate surface area is 140 Å². The Bertz CT molecular complexity index is 1240. The molecular formula is C22H19NO. The highest BCUT2D eigenvalue weighted by molar-refractivity contribution is 6.16. The van der Waals surface area contributed by atoms with Gasteiger partial charge in [0.15, 0.2) is 0 Å². The van der Waals surface area contributed by atoms with E-state index in [0.29, 0.717) is 5.92 Å². The molecular weight excluding hydrogens is 294 g/mol. The molecule has 5 rings (SSSR count). The number of rotatable bonds is 1. The predicted molar refractivity (Wildman–Crippen MR) is 102 cm³/mol. The van der Waals surface area contributed by atoms with Crippen LogP contribution >= 0.6 is 0 Å². The van der Waals surface area contributed by atoms with Crippen molar-refractivity contribution in [3.05, 3.63) is 60.2 Å². The standard InChI is InChI=1S/C22H19NO/c1-13(2)14-8-6-9-16-18-11-17-15-7-4-5-10-19(15)23(3)20(17)12-21(18)24-22(14)16/h4-13H,1-3H3. The Kier molecular flexibility index (Phi) is 2.64. The summed E-state index contributed by atoms with van der Waals surface area (Å²) in [7, 11) is 2.12. The fourth-order valence-corrected chi connectivity index (χ4v) is 3.93. The van der Waals surface area contributed by atoms with E-state index < -0.39 is 0 Å². The van der Waals surface area contributed by atoms with Crippen LogP contribution in [0.25, 0.3) is 43.7 Å². The molecule has 0 saturated carbocycles. The van der Waals surface area contributed by atoms with Crippen molar-refractivity contribution in [2.45, 2.75) is 19.8 Å². The first-order valence-corrected chi connectivity index (χ1v) is 8.47. The second-order valence-electron chi connectivity index (χ2n) is 6.92. The van der Waals surface area contributed by atoms with Crippen LogP contribution in [-0.4, -0.2) is 4.57 Å². The molecule has 0 fully saturated rings. The normalized spacial score (nSPS) is 12.3. The summed E-state index contributed by atoms with van der Waals surface area (Å²) in [6, 6.07) is 19.5. The van der Waals surface area contributed by atoms with Crippen molar-refractivity contribution in [2.75, 3.05) is 0 Å². The number of para-hydroxylation sites is 2. The Morgan fingerprint density at radius 3 is 2.42 bits per heavy atom. The molecule has 0 radical (unpaired) electrons. The van der Waals surface area contributed by atoms with Crippen LogP contribution in [0.5, 0.6) is 0 Å². The van der Waals surface area contributed by atoms with E-state index in [1.54, 1.807) is 0 Å².